The molecule has 2 nitrogen and oxygen atoms in total. The van der Waals surface area contributed by atoms with Crippen LogP contribution in [0.1, 0.15) is 15.9 Å². The van der Waals surface area contributed by atoms with Crippen LogP contribution < -0.4 is 0 Å². The van der Waals surface area contributed by atoms with Gasteiger partial charge in [-0.2, -0.15) is 0 Å². The third kappa shape index (κ3) is 3.39. The van der Waals surface area contributed by atoms with Gasteiger partial charge in [0.25, 0.3) is 0 Å². The van der Waals surface area contributed by atoms with Crippen LogP contribution in [0.2, 0.25) is 10.0 Å². The van der Waals surface area contributed by atoms with Gasteiger partial charge in [0.2, 0.25) is 0 Å². The van der Waals surface area contributed by atoms with E-state index in [4.69, 9.17) is 27.6 Å². The Morgan fingerprint density at radius 1 is 0.885 bits per heavy atom. The second-order valence-electron chi connectivity index (χ2n) is 6.07. The SMILES string of the molecule is O=C(Cc1ccc(-c2cc3ccccc3o2)cc1)c1ccc(Cl)cc1Cl. The van der Waals surface area contributed by atoms with Crippen LogP contribution in [0.3, 0.4) is 0 Å². The lowest BCUT2D eigenvalue weighted by molar-refractivity contribution is 0.0993. The first kappa shape index (κ1) is 16.9. The fourth-order valence-electron chi connectivity index (χ4n) is 2.91. The highest BCUT2D eigenvalue weighted by Crippen LogP contribution is 2.28. The number of hydrogen-bond acceptors (Lipinski definition) is 2. The van der Waals surface area contributed by atoms with Crippen LogP contribution in [0.5, 0.6) is 0 Å². The Bertz CT molecular complexity index is 1060. The summed E-state index contributed by atoms with van der Waals surface area (Å²) in [6.07, 6.45) is 0.280. The summed E-state index contributed by atoms with van der Waals surface area (Å²) < 4.78 is 5.87. The topological polar surface area (TPSA) is 30.2 Å². The number of furan rings is 1. The van der Waals surface area contributed by atoms with Gasteiger partial charge in [-0.3, -0.25) is 4.79 Å². The Labute approximate surface area is 161 Å². The van der Waals surface area contributed by atoms with Crippen molar-refractivity contribution in [1.29, 1.82) is 0 Å². The minimum Gasteiger partial charge on any atom is -0.456 e. The summed E-state index contributed by atoms with van der Waals surface area (Å²) in [6.45, 7) is 0. The summed E-state index contributed by atoms with van der Waals surface area (Å²) in [4.78, 5) is 12.5. The first-order valence-corrected chi connectivity index (χ1v) is 8.92. The minimum atomic E-state index is -0.0387. The second-order valence-corrected chi connectivity index (χ2v) is 6.91. The highest BCUT2D eigenvalue weighted by Gasteiger charge is 2.12. The maximum atomic E-state index is 12.5. The molecule has 1 heterocycles. The maximum Gasteiger partial charge on any atom is 0.168 e. The molecule has 4 aromatic rings. The molecule has 4 rings (SSSR count). The van der Waals surface area contributed by atoms with Crippen LogP contribution in [-0.2, 0) is 6.42 Å². The number of rotatable bonds is 4. The van der Waals surface area contributed by atoms with E-state index in [9.17, 15) is 4.79 Å². The normalized spacial score (nSPS) is 11.0. The van der Waals surface area contributed by atoms with E-state index in [0.29, 0.717) is 15.6 Å². The molecule has 0 atom stereocenters. The van der Waals surface area contributed by atoms with Gasteiger partial charge < -0.3 is 4.42 Å². The monoisotopic (exact) mass is 380 g/mol. The van der Waals surface area contributed by atoms with Crippen molar-refractivity contribution in [1.82, 2.24) is 0 Å². The lowest BCUT2D eigenvalue weighted by atomic mass is 10.0. The largest absolute Gasteiger partial charge is 0.456 e. The summed E-state index contributed by atoms with van der Waals surface area (Å²) in [6, 6.07) is 22.6. The fourth-order valence-corrected chi connectivity index (χ4v) is 3.42. The molecule has 0 aliphatic rings. The molecule has 0 amide bonds. The number of hydrogen-bond donors (Lipinski definition) is 0. The van der Waals surface area contributed by atoms with Crippen molar-refractivity contribution in [2.45, 2.75) is 6.42 Å². The lowest BCUT2D eigenvalue weighted by Gasteiger charge is -2.05. The zero-order valence-corrected chi connectivity index (χ0v) is 15.2. The van der Waals surface area contributed by atoms with Gasteiger partial charge in [-0.15, -0.1) is 0 Å². The van der Waals surface area contributed by atoms with Crippen LogP contribution in [-0.4, -0.2) is 5.78 Å². The molecule has 0 aliphatic carbocycles. The number of ketones is 1. The van der Waals surface area contributed by atoms with Crippen LogP contribution in [0.25, 0.3) is 22.3 Å². The molecule has 0 unspecified atom stereocenters. The average molecular weight is 381 g/mol. The Kier molecular flexibility index (Phi) is 4.54. The molecule has 0 radical (unpaired) electrons. The molecule has 0 saturated carbocycles. The van der Waals surface area contributed by atoms with Gasteiger partial charge in [0.05, 0.1) is 5.02 Å². The van der Waals surface area contributed by atoms with Crippen molar-refractivity contribution >= 4 is 40.0 Å². The Hall–Kier alpha value is -2.55. The second kappa shape index (κ2) is 6.99. The van der Waals surface area contributed by atoms with E-state index in [1.807, 2.05) is 54.6 Å². The minimum absolute atomic E-state index is 0.0387. The van der Waals surface area contributed by atoms with Crippen molar-refractivity contribution < 1.29 is 9.21 Å². The molecular weight excluding hydrogens is 367 g/mol. The summed E-state index contributed by atoms with van der Waals surface area (Å²) in [5.74, 6) is 0.771. The molecule has 0 bridgehead atoms. The first-order valence-electron chi connectivity index (χ1n) is 8.16. The molecule has 0 spiro atoms. The number of carbonyl (C=O) groups excluding carboxylic acids is 1. The Balaban J connectivity index is 1.55. The van der Waals surface area contributed by atoms with E-state index in [1.165, 1.54) is 0 Å². The number of carbonyl (C=O) groups is 1. The average Bonchev–Trinajstić information content (AvgIpc) is 3.06. The van der Waals surface area contributed by atoms with E-state index in [1.54, 1.807) is 18.2 Å². The number of halogens is 2. The maximum absolute atomic E-state index is 12.5. The smallest absolute Gasteiger partial charge is 0.168 e. The van der Waals surface area contributed by atoms with Gasteiger partial charge in [-0.25, -0.2) is 0 Å². The zero-order valence-electron chi connectivity index (χ0n) is 13.7. The summed E-state index contributed by atoms with van der Waals surface area (Å²) in [5, 5.41) is 1.96. The predicted octanol–water partition coefficient (Wildman–Crippen LogP) is 6.83. The lowest BCUT2D eigenvalue weighted by Crippen LogP contribution is -2.04. The summed E-state index contributed by atoms with van der Waals surface area (Å²) in [7, 11) is 0. The van der Waals surface area contributed by atoms with E-state index in [2.05, 4.69) is 0 Å². The molecule has 0 saturated heterocycles. The molecule has 0 fully saturated rings. The molecule has 1 aromatic heterocycles. The van der Waals surface area contributed by atoms with Gasteiger partial charge in [0, 0.05) is 28.0 Å². The number of para-hydroxylation sites is 1. The van der Waals surface area contributed by atoms with E-state index in [-0.39, 0.29) is 12.2 Å². The number of benzene rings is 3. The van der Waals surface area contributed by atoms with Crippen LogP contribution in [0.4, 0.5) is 0 Å². The molecule has 0 aliphatic heterocycles. The molecule has 3 aromatic carbocycles. The molecule has 0 N–H and O–H groups in total. The van der Waals surface area contributed by atoms with Crippen LogP contribution in [0, 0.1) is 0 Å². The van der Waals surface area contributed by atoms with E-state index < -0.39 is 0 Å². The highest BCUT2D eigenvalue weighted by atomic mass is 35.5. The molecule has 128 valence electrons. The number of Topliss-reactive ketones (excluding diaryl/α,β-unsaturated/α-hetero) is 1. The molecular formula is C22H14Cl2O2. The third-order valence-electron chi connectivity index (χ3n) is 4.26. The first-order chi connectivity index (χ1) is 12.6. The third-order valence-corrected chi connectivity index (χ3v) is 4.81. The van der Waals surface area contributed by atoms with Gasteiger partial charge in [-0.05, 0) is 35.9 Å². The quantitative estimate of drug-likeness (QED) is 0.363. The highest BCUT2D eigenvalue weighted by molar-refractivity contribution is 6.36. The van der Waals surface area contributed by atoms with Crippen molar-refractivity contribution in [3.8, 4) is 11.3 Å². The fraction of sp³-hybridized carbons (Fsp3) is 0.0455. The predicted molar refractivity (Wildman–Crippen MR) is 106 cm³/mol. The van der Waals surface area contributed by atoms with Crippen molar-refractivity contribution in [3.05, 3.63) is 94.0 Å². The van der Waals surface area contributed by atoms with Gasteiger partial charge >= 0.3 is 0 Å². The summed E-state index contributed by atoms with van der Waals surface area (Å²) >= 11 is 12.0. The molecule has 4 heteroatoms. The van der Waals surface area contributed by atoms with E-state index in [0.717, 1.165) is 27.9 Å². The Morgan fingerprint density at radius 3 is 2.38 bits per heavy atom. The van der Waals surface area contributed by atoms with Crippen LogP contribution in [0.15, 0.2) is 77.2 Å². The van der Waals surface area contributed by atoms with Gasteiger partial charge in [0.15, 0.2) is 5.78 Å². The van der Waals surface area contributed by atoms with Crippen molar-refractivity contribution in [2.75, 3.05) is 0 Å². The van der Waals surface area contributed by atoms with Gasteiger partial charge in [0.1, 0.15) is 11.3 Å². The van der Waals surface area contributed by atoms with Gasteiger partial charge in [-0.1, -0.05) is 65.7 Å². The van der Waals surface area contributed by atoms with E-state index >= 15 is 0 Å². The van der Waals surface area contributed by atoms with Crippen molar-refractivity contribution in [2.24, 2.45) is 0 Å². The Morgan fingerprint density at radius 2 is 1.65 bits per heavy atom. The zero-order chi connectivity index (χ0) is 18.1. The van der Waals surface area contributed by atoms with Crippen molar-refractivity contribution in [3.63, 3.8) is 0 Å². The number of fused-ring (bicyclic) bond motifs is 1. The molecule has 26 heavy (non-hydrogen) atoms. The van der Waals surface area contributed by atoms with Crippen LogP contribution >= 0.6 is 23.2 Å². The summed E-state index contributed by atoms with van der Waals surface area (Å²) in [5.41, 5.74) is 3.24. The standard InChI is InChI=1S/C22H14Cl2O2/c23-17-9-10-18(19(24)13-17)20(25)11-14-5-7-15(8-6-14)22-12-16-3-1-2-4-21(16)26-22/h1-10,12-13H,11H2.